The van der Waals surface area contributed by atoms with Crippen LogP contribution >= 0.6 is 0 Å². The highest BCUT2D eigenvalue weighted by molar-refractivity contribution is 5.83. The first kappa shape index (κ1) is 17.7. The number of rotatable bonds is 6. The predicted molar refractivity (Wildman–Crippen MR) is 90.6 cm³/mol. The minimum Gasteiger partial charge on any atom is -0.422 e. The normalized spacial score (nSPS) is 14.4. The van der Waals surface area contributed by atoms with Gasteiger partial charge in [-0.15, -0.1) is 0 Å². The molecule has 2 rings (SSSR count). The molecule has 1 heterocycles. The van der Waals surface area contributed by atoms with Crippen molar-refractivity contribution in [3.05, 3.63) is 45.3 Å². The van der Waals surface area contributed by atoms with E-state index in [1.54, 1.807) is 6.92 Å². The van der Waals surface area contributed by atoms with Crippen LogP contribution in [0.1, 0.15) is 30.5 Å². The number of aryl methyl sites for hydroxylation is 2. The van der Waals surface area contributed by atoms with Crippen LogP contribution in [0.25, 0.3) is 11.0 Å². The van der Waals surface area contributed by atoms with Crippen molar-refractivity contribution in [2.24, 2.45) is 0 Å². The van der Waals surface area contributed by atoms with Crippen LogP contribution in [0.15, 0.2) is 27.4 Å². The summed E-state index contributed by atoms with van der Waals surface area (Å²) in [5, 5.41) is 20.0. The average Bonchev–Trinajstić information content (AvgIpc) is 2.49. The third kappa shape index (κ3) is 3.99. The van der Waals surface area contributed by atoms with Crippen molar-refractivity contribution in [2.75, 3.05) is 13.2 Å². The molecule has 5 heteroatoms. The zero-order chi connectivity index (χ0) is 17.1. The molecule has 1 aromatic carbocycles. The molecule has 0 amide bonds. The molecule has 0 aliphatic rings. The fourth-order valence-corrected chi connectivity index (χ4v) is 2.73. The van der Waals surface area contributed by atoms with Gasteiger partial charge in [0.15, 0.2) is 0 Å². The summed E-state index contributed by atoms with van der Waals surface area (Å²) in [6.45, 7) is 8.41. The lowest BCUT2D eigenvalue weighted by Crippen LogP contribution is -2.39. The van der Waals surface area contributed by atoms with Gasteiger partial charge >= 0.3 is 5.63 Å². The van der Waals surface area contributed by atoms with Crippen molar-refractivity contribution in [2.45, 2.75) is 46.4 Å². The summed E-state index contributed by atoms with van der Waals surface area (Å²) in [6, 6.07) is 5.35. The first-order valence-corrected chi connectivity index (χ1v) is 7.89. The number of nitrogens with zero attached hydrogens (tertiary/aromatic N) is 1. The van der Waals surface area contributed by atoms with Gasteiger partial charge < -0.3 is 14.6 Å². The number of benzene rings is 1. The molecular formula is C18H25NO4. The maximum absolute atomic E-state index is 11.9. The lowest BCUT2D eigenvalue weighted by Gasteiger charge is -2.29. The van der Waals surface area contributed by atoms with E-state index in [0.717, 1.165) is 22.1 Å². The number of hydrogen-bond donors (Lipinski definition) is 2. The molecule has 23 heavy (non-hydrogen) atoms. The molecule has 2 atom stereocenters. The molecule has 2 N–H and O–H groups in total. The Morgan fingerprint density at radius 2 is 1.96 bits per heavy atom. The van der Waals surface area contributed by atoms with Crippen LogP contribution in [0, 0.1) is 13.8 Å². The Labute approximate surface area is 136 Å². The molecule has 2 aromatic rings. The lowest BCUT2D eigenvalue weighted by molar-refractivity contribution is 0.0721. The highest BCUT2D eigenvalue weighted by Crippen LogP contribution is 2.24. The van der Waals surface area contributed by atoms with Gasteiger partial charge in [-0.2, -0.15) is 0 Å². The molecule has 1 aromatic heterocycles. The Kier molecular flexibility index (Phi) is 5.57. The molecule has 0 spiro atoms. The Morgan fingerprint density at radius 1 is 1.26 bits per heavy atom. The van der Waals surface area contributed by atoms with E-state index in [-0.39, 0.29) is 18.3 Å². The average molecular weight is 319 g/mol. The van der Waals surface area contributed by atoms with Crippen LogP contribution < -0.4 is 5.63 Å². The quantitative estimate of drug-likeness (QED) is 0.796. The van der Waals surface area contributed by atoms with Crippen molar-refractivity contribution < 1.29 is 14.6 Å². The molecule has 0 saturated heterocycles. The third-order valence-corrected chi connectivity index (χ3v) is 4.28. The van der Waals surface area contributed by atoms with Crippen LogP contribution in [-0.4, -0.2) is 40.4 Å². The van der Waals surface area contributed by atoms with Crippen LogP contribution in [0.4, 0.5) is 0 Å². The van der Waals surface area contributed by atoms with E-state index in [4.69, 9.17) is 4.42 Å². The molecular weight excluding hydrogens is 294 g/mol. The van der Waals surface area contributed by atoms with Crippen LogP contribution in [0.2, 0.25) is 0 Å². The molecule has 0 fully saturated rings. The van der Waals surface area contributed by atoms with Gasteiger partial charge in [0.05, 0.1) is 12.7 Å². The largest absolute Gasteiger partial charge is 0.422 e. The highest BCUT2D eigenvalue weighted by atomic mass is 16.4. The molecule has 0 unspecified atom stereocenters. The summed E-state index contributed by atoms with van der Waals surface area (Å²) in [7, 11) is 0. The first-order chi connectivity index (χ1) is 10.8. The minimum atomic E-state index is -0.514. The van der Waals surface area contributed by atoms with Crippen LogP contribution in [-0.2, 0) is 6.54 Å². The topological polar surface area (TPSA) is 73.9 Å². The Balaban J connectivity index is 2.49. The van der Waals surface area contributed by atoms with E-state index in [2.05, 4.69) is 0 Å². The Hall–Kier alpha value is -1.69. The molecule has 0 bridgehead atoms. The van der Waals surface area contributed by atoms with Gasteiger partial charge in [0, 0.05) is 30.6 Å². The van der Waals surface area contributed by atoms with E-state index >= 15 is 0 Å². The second-order valence-corrected chi connectivity index (χ2v) is 6.28. The zero-order valence-corrected chi connectivity index (χ0v) is 14.2. The van der Waals surface area contributed by atoms with Gasteiger partial charge in [-0.05, 0) is 44.4 Å². The fourth-order valence-electron chi connectivity index (χ4n) is 2.73. The van der Waals surface area contributed by atoms with Crippen LogP contribution in [0.5, 0.6) is 0 Å². The van der Waals surface area contributed by atoms with Gasteiger partial charge in [-0.1, -0.05) is 12.1 Å². The van der Waals surface area contributed by atoms with Crippen molar-refractivity contribution in [3.8, 4) is 0 Å². The number of fused-ring (bicyclic) bond motifs is 1. The van der Waals surface area contributed by atoms with E-state index in [1.165, 1.54) is 6.07 Å². The standard InChI is InChI=1S/C18H25NO4/c1-11-5-6-16-15(7-17(22)23-18(16)14(11)4)9-19(8-13(3)21)12(2)10-20/h5-7,12-13,20-21H,8-10H2,1-4H3/t12-,13-/m0/s1. The smallest absolute Gasteiger partial charge is 0.336 e. The number of aliphatic hydroxyl groups excluding tert-OH is 2. The second kappa shape index (κ2) is 7.25. The van der Waals surface area contributed by atoms with Crippen molar-refractivity contribution in [3.63, 3.8) is 0 Å². The Morgan fingerprint density at radius 3 is 2.57 bits per heavy atom. The van der Waals surface area contributed by atoms with Gasteiger partial charge in [0.1, 0.15) is 5.58 Å². The van der Waals surface area contributed by atoms with Gasteiger partial charge in [-0.3, -0.25) is 4.90 Å². The molecule has 126 valence electrons. The lowest BCUT2D eigenvalue weighted by atomic mass is 10.0. The maximum atomic E-state index is 11.9. The number of aliphatic hydroxyl groups is 2. The van der Waals surface area contributed by atoms with Crippen molar-refractivity contribution in [1.29, 1.82) is 0 Å². The predicted octanol–water partition coefficient (Wildman–Crippen LogP) is 1.97. The summed E-state index contributed by atoms with van der Waals surface area (Å²) >= 11 is 0. The van der Waals surface area contributed by atoms with Gasteiger partial charge in [-0.25, -0.2) is 4.79 Å². The summed E-state index contributed by atoms with van der Waals surface area (Å²) < 4.78 is 5.39. The number of hydrogen-bond acceptors (Lipinski definition) is 5. The van der Waals surface area contributed by atoms with E-state index in [9.17, 15) is 15.0 Å². The van der Waals surface area contributed by atoms with Gasteiger partial charge in [0.2, 0.25) is 0 Å². The first-order valence-electron chi connectivity index (χ1n) is 7.89. The molecule has 0 aliphatic carbocycles. The molecule has 0 aliphatic heterocycles. The summed E-state index contributed by atoms with van der Waals surface area (Å²) in [4.78, 5) is 13.9. The van der Waals surface area contributed by atoms with Crippen molar-refractivity contribution in [1.82, 2.24) is 4.90 Å². The van der Waals surface area contributed by atoms with Crippen molar-refractivity contribution >= 4 is 11.0 Å². The van der Waals surface area contributed by atoms with E-state index in [0.29, 0.717) is 18.7 Å². The van der Waals surface area contributed by atoms with Gasteiger partial charge in [0.25, 0.3) is 0 Å². The summed E-state index contributed by atoms with van der Waals surface area (Å²) in [6.07, 6.45) is -0.514. The van der Waals surface area contributed by atoms with E-state index in [1.807, 2.05) is 37.8 Å². The summed E-state index contributed by atoms with van der Waals surface area (Å²) in [5.74, 6) is 0. The minimum absolute atomic E-state index is 0.00969. The highest BCUT2D eigenvalue weighted by Gasteiger charge is 2.18. The molecule has 0 saturated carbocycles. The molecule has 0 radical (unpaired) electrons. The van der Waals surface area contributed by atoms with Crippen LogP contribution in [0.3, 0.4) is 0 Å². The molecule has 5 nitrogen and oxygen atoms in total. The Bertz CT molecular complexity index is 736. The summed E-state index contributed by atoms with van der Waals surface area (Å²) in [5.41, 5.74) is 3.11. The maximum Gasteiger partial charge on any atom is 0.336 e. The third-order valence-electron chi connectivity index (χ3n) is 4.28. The fraction of sp³-hybridized carbons (Fsp3) is 0.500. The van der Waals surface area contributed by atoms with E-state index < -0.39 is 6.10 Å². The monoisotopic (exact) mass is 319 g/mol. The SMILES string of the molecule is Cc1ccc2c(CN(C[C@H](C)O)[C@@H](C)CO)cc(=O)oc2c1C. The second-order valence-electron chi connectivity index (χ2n) is 6.28. The zero-order valence-electron chi connectivity index (χ0n) is 14.2.